The quantitative estimate of drug-likeness (QED) is 0.0439. The Labute approximate surface area is 322 Å². The second-order valence-corrected chi connectivity index (χ2v) is 40.6. The van der Waals surface area contributed by atoms with Gasteiger partial charge in [-0.15, -0.1) is 0 Å². The van der Waals surface area contributed by atoms with Gasteiger partial charge in [-0.05, 0) is 63.7 Å². The van der Waals surface area contributed by atoms with Gasteiger partial charge in [-0.3, -0.25) is 4.74 Å². The van der Waals surface area contributed by atoms with Crippen molar-refractivity contribution in [2.45, 2.75) is 119 Å². The first-order chi connectivity index (χ1) is 25.1. The highest BCUT2D eigenvalue weighted by atomic mass is 29.6. The molecule has 0 aromatic heterocycles. The Balaban J connectivity index is 5.65. The largest absolute Gasteiger partial charge is 0.462 e. The zero-order chi connectivity index (χ0) is 44.2. The van der Waals surface area contributed by atoms with Crippen molar-refractivity contribution in [1.29, 1.82) is 0 Å². The minimum atomic E-state index is -7.18. The number of hydrogen-bond acceptors (Lipinski definition) is 8. The van der Waals surface area contributed by atoms with Crippen LogP contribution in [-0.4, -0.2) is 141 Å². The molecule has 8 nitrogen and oxygen atoms in total. The fraction of sp³-hybridized carbons (Fsp3) is 1.00. The molecule has 4 unspecified atom stereocenters. The lowest BCUT2D eigenvalue weighted by atomic mass is 10.2. The van der Waals surface area contributed by atoms with Crippen molar-refractivity contribution in [3.63, 3.8) is 0 Å². The highest BCUT2D eigenvalue weighted by Gasteiger charge is 2.78. The van der Waals surface area contributed by atoms with Gasteiger partial charge in [0.05, 0.1) is 7.83 Å². The molecule has 0 rings (SSSR count). The Bertz CT molecular complexity index is 1150. The second-order valence-electron chi connectivity index (χ2n) is 13.4. The van der Waals surface area contributed by atoms with Crippen LogP contribution in [0.2, 0.25) is 63.5 Å². The predicted octanol–water partition coefficient (Wildman–Crippen LogP) is 8.59. The fourth-order valence-electron chi connectivity index (χ4n) is 4.84. The summed E-state index contributed by atoms with van der Waals surface area (Å²) in [7, 11) is -9.86. The van der Waals surface area contributed by atoms with E-state index in [-0.39, 0.29) is 25.5 Å². The molecule has 30 heteroatoms. The molecule has 0 aliphatic carbocycles. The number of hydrogen-bond donors (Lipinski definition) is 0. The third-order valence-corrected chi connectivity index (χ3v) is 42.7. The molecule has 0 aromatic carbocycles. The van der Waals surface area contributed by atoms with E-state index in [2.05, 4.69) is 14.2 Å². The van der Waals surface area contributed by atoms with E-state index >= 15 is 0 Å². The van der Waals surface area contributed by atoms with Crippen molar-refractivity contribution in [3.8, 4) is 0 Å². The van der Waals surface area contributed by atoms with Gasteiger partial charge in [0.1, 0.15) is 13.2 Å². The molecule has 0 aliphatic rings. The van der Waals surface area contributed by atoms with E-state index in [9.17, 15) is 70.2 Å². The molecule has 0 fully saturated rings. The van der Waals surface area contributed by atoms with Gasteiger partial charge in [0, 0.05) is 27.4 Å². The van der Waals surface area contributed by atoms with Gasteiger partial charge in [0.2, 0.25) is 0 Å². The molecule has 336 valence electrons. The maximum atomic E-state index is 14.6. The van der Waals surface area contributed by atoms with E-state index < -0.39 is 120 Å². The Morgan fingerprint density at radius 2 is 1.12 bits per heavy atom. The molecular weight excluding hydrogens is 913 g/mol. The van der Waals surface area contributed by atoms with E-state index in [0.717, 1.165) is 0 Å². The van der Waals surface area contributed by atoms with E-state index in [4.69, 9.17) is 21.8 Å². The normalized spacial score (nSPS) is 18.1. The van der Waals surface area contributed by atoms with Crippen LogP contribution in [0.15, 0.2) is 0 Å². The Hall–Kier alpha value is -0.139. The molecule has 0 spiro atoms. The van der Waals surface area contributed by atoms with Crippen molar-refractivity contribution >= 4 is 50.9 Å². The molecule has 0 saturated heterocycles. The lowest BCUT2D eigenvalue weighted by molar-refractivity contribution is -0.486. The molecule has 0 amide bonds. The lowest BCUT2D eigenvalue weighted by Gasteiger charge is -2.37. The van der Waals surface area contributed by atoms with E-state index in [1.807, 2.05) is 32.7 Å². The van der Waals surface area contributed by atoms with Gasteiger partial charge in [0.15, 0.2) is 40.6 Å². The predicted molar refractivity (Wildman–Crippen MR) is 183 cm³/mol. The molecule has 0 aliphatic heterocycles. The first-order valence-electron chi connectivity index (χ1n) is 16.7. The zero-order valence-electron chi connectivity index (χ0n) is 31.7. The van der Waals surface area contributed by atoms with Gasteiger partial charge >= 0.3 is 51.6 Å². The van der Waals surface area contributed by atoms with Crippen LogP contribution < -0.4 is 0 Å². The van der Waals surface area contributed by atoms with Crippen LogP contribution >= 0.6 is 0 Å². The SMILES string of the molecule is CO[SiH](C)[Si](CC[Si](O[SiH](C)C)O[Si](C)(C)CCCOCC(F)(OCF)C(F)(F)F)[Si](C)(CCCOCC(F)(OC(F)(F)C(F)(F)C(F)(F)F)C(F)(F)F)OC. The van der Waals surface area contributed by atoms with E-state index in [1.165, 1.54) is 14.2 Å². The standard InChI is InChI=1S/C26H48F16O8Si6/c1-43-52(5)54(14-13-53(49-51(3)4)50-55(6,7)15-9-11-45-17-20(28,47-19-27)23(32,33)34)56(8,44-2)16-10-12-46-18-21(29,24(35,36)37)48-26(41,42)22(30,31)25(38,39)40/h51-52H,9-19H2,1-8H3. The highest BCUT2D eigenvalue weighted by Crippen LogP contribution is 2.51. The summed E-state index contributed by atoms with van der Waals surface area (Å²) in [5, 5.41) is 0. The van der Waals surface area contributed by atoms with Crippen molar-refractivity contribution < 1.29 is 106 Å². The highest BCUT2D eigenvalue weighted by molar-refractivity contribution is 7.53. The smallest absolute Gasteiger partial charge is 0.438 e. The van der Waals surface area contributed by atoms with Crippen LogP contribution in [0, 0.1) is 0 Å². The van der Waals surface area contributed by atoms with Crippen LogP contribution in [-0.2, 0) is 36.0 Å². The Kier molecular flexibility index (Phi) is 22.0. The topological polar surface area (TPSA) is 73.8 Å². The number of ether oxygens (including phenoxy) is 4. The monoisotopic (exact) mass is 960 g/mol. The Morgan fingerprint density at radius 1 is 0.643 bits per heavy atom. The summed E-state index contributed by atoms with van der Waals surface area (Å²) in [5.74, 6) is -17.3. The molecule has 4 atom stereocenters. The van der Waals surface area contributed by atoms with Gasteiger partial charge in [-0.2, -0.15) is 65.9 Å². The van der Waals surface area contributed by atoms with Gasteiger partial charge in [-0.25, -0.2) is 4.39 Å². The second kappa shape index (κ2) is 22.1. The van der Waals surface area contributed by atoms with Crippen LogP contribution in [0.3, 0.4) is 0 Å². The van der Waals surface area contributed by atoms with E-state index in [0.29, 0.717) is 18.1 Å². The first kappa shape index (κ1) is 55.9. The molecule has 0 heterocycles. The number of alkyl halides is 16. The summed E-state index contributed by atoms with van der Waals surface area (Å²) >= 11 is 0. The molecule has 0 bridgehead atoms. The maximum absolute atomic E-state index is 14.6. The van der Waals surface area contributed by atoms with Crippen LogP contribution in [0.5, 0.6) is 0 Å². The third-order valence-electron chi connectivity index (χ3n) is 8.06. The first-order valence-corrected chi connectivity index (χ1v) is 32.8. The number of halogens is 16. The van der Waals surface area contributed by atoms with Crippen molar-refractivity contribution in [2.75, 3.05) is 47.5 Å². The minimum Gasteiger partial charge on any atom is -0.438 e. The van der Waals surface area contributed by atoms with Gasteiger partial charge in [-0.1, -0.05) is 12.6 Å². The van der Waals surface area contributed by atoms with Crippen molar-refractivity contribution in [1.82, 2.24) is 0 Å². The fourth-order valence-corrected chi connectivity index (χ4v) is 40.0. The summed E-state index contributed by atoms with van der Waals surface area (Å²) in [6, 6.07) is 1.42. The maximum Gasteiger partial charge on any atom is 0.462 e. The van der Waals surface area contributed by atoms with Crippen LogP contribution in [0.1, 0.15) is 12.8 Å². The van der Waals surface area contributed by atoms with Gasteiger partial charge in [0.25, 0.3) is 0 Å². The number of rotatable bonds is 28. The minimum absolute atomic E-state index is 0.140. The summed E-state index contributed by atoms with van der Waals surface area (Å²) in [4.78, 5) is 0. The third kappa shape index (κ3) is 16.7. The molecule has 0 saturated carbocycles. The average molecular weight is 961 g/mol. The molecule has 0 N–H and O–H groups in total. The summed E-state index contributed by atoms with van der Waals surface area (Å²) in [6.45, 7) is 3.94. The molecule has 0 aromatic rings. The van der Waals surface area contributed by atoms with Crippen molar-refractivity contribution in [2.24, 2.45) is 0 Å². The van der Waals surface area contributed by atoms with Crippen LogP contribution in [0.25, 0.3) is 0 Å². The van der Waals surface area contributed by atoms with E-state index in [1.54, 1.807) is 6.55 Å². The molecule has 2 radical (unpaired) electrons. The van der Waals surface area contributed by atoms with Crippen LogP contribution in [0.4, 0.5) is 70.2 Å². The van der Waals surface area contributed by atoms with Crippen molar-refractivity contribution in [3.05, 3.63) is 0 Å². The Morgan fingerprint density at radius 3 is 1.54 bits per heavy atom. The molecule has 56 heavy (non-hydrogen) atoms. The zero-order valence-corrected chi connectivity index (χ0v) is 38.1. The summed E-state index contributed by atoms with van der Waals surface area (Å²) in [5.41, 5.74) is 0. The summed E-state index contributed by atoms with van der Waals surface area (Å²) < 4.78 is 250. The van der Waals surface area contributed by atoms with Gasteiger partial charge < -0.3 is 31.3 Å². The average Bonchev–Trinajstić information content (AvgIpc) is 3.01. The lowest BCUT2D eigenvalue weighted by Crippen LogP contribution is -2.60. The summed E-state index contributed by atoms with van der Waals surface area (Å²) in [6.07, 6.45) is -26.1. The molecular formula is C26H48F16O8Si6.